The standard InChI is InChI=1S/C19H20ClF3N4O2/c1-2-29-17(28)14-8-3-4-9(11-7-10(8)11)15(14)24-16-12-5-6-13(19(21,22)23)27(12)26-18(20)25-16/h5-6,8-11,14-15H,2-4,7H2,1H3,(H,24,25,26)/t8-,9+,10?,11?,14-,15-/m0/s1. The summed E-state index contributed by atoms with van der Waals surface area (Å²) in [5.41, 5.74) is -0.743. The fourth-order valence-corrected chi connectivity index (χ4v) is 5.82. The van der Waals surface area contributed by atoms with E-state index >= 15 is 0 Å². The molecule has 2 bridgehead atoms. The molecule has 6 atom stereocenters. The van der Waals surface area contributed by atoms with E-state index in [1.54, 1.807) is 6.92 Å². The second-order valence-electron chi connectivity index (χ2n) is 8.16. The monoisotopic (exact) mass is 428 g/mol. The molecule has 4 aliphatic rings. The first-order chi connectivity index (χ1) is 13.8. The quantitative estimate of drug-likeness (QED) is 0.744. The smallest absolute Gasteiger partial charge is 0.433 e. The zero-order valence-corrected chi connectivity index (χ0v) is 16.4. The number of carbonyl (C=O) groups excluding carboxylic acids is 1. The average molecular weight is 429 g/mol. The number of hydrogen-bond acceptors (Lipinski definition) is 5. The molecule has 2 heterocycles. The van der Waals surface area contributed by atoms with E-state index in [0.29, 0.717) is 18.4 Å². The van der Waals surface area contributed by atoms with Gasteiger partial charge in [0.25, 0.3) is 0 Å². The Bertz CT molecular complexity index is 978. The van der Waals surface area contributed by atoms with Crippen molar-refractivity contribution in [3.05, 3.63) is 23.1 Å². The molecule has 0 aromatic carbocycles. The minimum atomic E-state index is -4.57. The van der Waals surface area contributed by atoms with E-state index in [2.05, 4.69) is 15.4 Å². The number of anilines is 1. The molecule has 29 heavy (non-hydrogen) atoms. The number of hydrogen-bond donors (Lipinski definition) is 1. The van der Waals surface area contributed by atoms with E-state index in [1.165, 1.54) is 6.07 Å². The first-order valence-electron chi connectivity index (χ1n) is 9.85. The van der Waals surface area contributed by atoms with Crippen molar-refractivity contribution in [2.24, 2.45) is 29.6 Å². The third-order valence-electron chi connectivity index (χ3n) is 6.77. The van der Waals surface area contributed by atoms with Crippen LogP contribution in [0.2, 0.25) is 5.28 Å². The van der Waals surface area contributed by atoms with Gasteiger partial charge in [-0.25, -0.2) is 4.52 Å². The maximum atomic E-state index is 13.3. The molecule has 4 fully saturated rings. The number of esters is 1. The topological polar surface area (TPSA) is 68.5 Å². The van der Waals surface area contributed by atoms with Gasteiger partial charge in [0.1, 0.15) is 11.2 Å². The Hall–Kier alpha value is -2.03. The molecule has 0 radical (unpaired) electrons. The van der Waals surface area contributed by atoms with E-state index in [9.17, 15) is 18.0 Å². The zero-order valence-electron chi connectivity index (χ0n) is 15.6. The first kappa shape index (κ1) is 19.0. The summed E-state index contributed by atoms with van der Waals surface area (Å²) >= 11 is 5.94. The van der Waals surface area contributed by atoms with Crippen molar-refractivity contribution in [3.8, 4) is 0 Å². The number of alkyl halides is 3. The maximum absolute atomic E-state index is 13.3. The summed E-state index contributed by atoms with van der Waals surface area (Å²) in [5, 5.41) is 6.72. The van der Waals surface area contributed by atoms with Crippen LogP contribution in [0.3, 0.4) is 0 Å². The molecule has 6 nitrogen and oxygen atoms in total. The van der Waals surface area contributed by atoms with Gasteiger partial charge in [-0.3, -0.25) is 4.79 Å². The number of nitrogens with one attached hydrogen (secondary N) is 1. The number of carbonyl (C=O) groups is 1. The third-order valence-corrected chi connectivity index (χ3v) is 6.93. The van der Waals surface area contributed by atoms with Crippen LogP contribution in [0.1, 0.15) is 31.9 Å². The van der Waals surface area contributed by atoms with E-state index in [0.717, 1.165) is 29.8 Å². The number of nitrogens with zero attached hydrogens (tertiary/aromatic N) is 3. The minimum absolute atomic E-state index is 0.179. The van der Waals surface area contributed by atoms with E-state index in [-0.39, 0.29) is 46.4 Å². The van der Waals surface area contributed by atoms with Crippen molar-refractivity contribution in [3.63, 3.8) is 0 Å². The number of rotatable bonds is 4. The summed E-state index contributed by atoms with van der Waals surface area (Å²) in [6.45, 7) is 2.07. The molecule has 156 valence electrons. The van der Waals surface area contributed by atoms with Gasteiger partial charge >= 0.3 is 12.1 Å². The lowest BCUT2D eigenvalue weighted by molar-refractivity contribution is -0.155. The van der Waals surface area contributed by atoms with Gasteiger partial charge in [0, 0.05) is 6.04 Å². The van der Waals surface area contributed by atoms with Gasteiger partial charge in [0.05, 0.1) is 12.5 Å². The highest BCUT2D eigenvalue weighted by Gasteiger charge is 2.63. The molecule has 2 aromatic heterocycles. The lowest BCUT2D eigenvalue weighted by Gasteiger charge is -2.47. The number of fused-ring (bicyclic) bond motifs is 3. The highest BCUT2D eigenvalue weighted by molar-refractivity contribution is 6.28. The van der Waals surface area contributed by atoms with Crippen LogP contribution in [-0.2, 0) is 15.7 Å². The zero-order chi connectivity index (χ0) is 20.5. The molecule has 4 aliphatic carbocycles. The third kappa shape index (κ3) is 2.96. The van der Waals surface area contributed by atoms with Gasteiger partial charge in [-0.1, -0.05) is 0 Å². The summed E-state index contributed by atoms with van der Waals surface area (Å²) in [6.07, 6.45) is -1.49. The number of aromatic nitrogens is 3. The van der Waals surface area contributed by atoms with Gasteiger partial charge in [-0.2, -0.15) is 18.2 Å². The van der Waals surface area contributed by atoms with Gasteiger partial charge in [0.2, 0.25) is 5.28 Å². The van der Waals surface area contributed by atoms with Crippen LogP contribution in [0.25, 0.3) is 5.52 Å². The van der Waals surface area contributed by atoms with Crippen molar-refractivity contribution in [1.82, 2.24) is 14.6 Å². The molecule has 6 rings (SSSR count). The largest absolute Gasteiger partial charge is 0.466 e. The predicted octanol–water partition coefficient (Wildman–Crippen LogP) is 4.04. The lowest BCUT2D eigenvalue weighted by atomic mass is 9.61. The molecule has 0 aliphatic heterocycles. The van der Waals surface area contributed by atoms with Crippen LogP contribution >= 0.6 is 11.6 Å². The Balaban J connectivity index is 1.54. The highest BCUT2D eigenvalue weighted by Crippen LogP contribution is 2.64. The Labute approximate surface area is 169 Å². The minimum Gasteiger partial charge on any atom is -0.466 e. The lowest BCUT2D eigenvalue weighted by Crippen LogP contribution is -2.53. The van der Waals surface area contributed by atoms with E-state index in [4.69, 9.17) is 16.3 Å². The van der Waals surface area contributed by atoms with Crippen LogP contribution < -0.4 is 5.32 Å². The summed E-state index contributed by atoms with van der Waals surface area (Å²) in [4.78, 5) is 16.9. The fraction of sp³-hybridized carbons (Fsp3) is 0.632. The Morgan fingerprint density at radius 3 is 2.72 bits per heavy atom. The molecule has 2 unspecified atom stereocenters. The molecule has 0 spiro atoms. The summed E-state index contributed by atoms with van der Waals surface area (Å²) in [5.74, 6) is 1.26. The molecule has 10 heteroatoms. The average Bonchev–Trinajstić information content (AvgIpc) is 3.35. The Morgan fingerprint density at radius 2 is 2.00 bits per heavy atom. The van der Waals surface area contributed by atoms with E-state index < -0.39 is 11.9 Å². The number of halogens is 4. The predicted molar refractivity (Wildman–Crippen MR) is 98.3 cm³/mol. The van der Waals surface area contributed by atoms with Crippen molar-refractivity contribution in [1.29, 1.82) is 0 Å². The number of ether oxygens (including phenoxy) is 1. The van der Waals surface area contributed by atoms with Crippen molar-refractivity contribution >= 4 is 28.9 Å². The molecule has 0 saturated heterocycles. The SMILES string of the molecule is CCOC(=O)[C@@H]1[C@@H](Nc2nc(Cl)nn3c(C(F)(F)F)ccc23)[C@@H]2CC[C@H]1C1CC12. The first-order valence-corrected chi connectivity index (χ1v) is 10.2. The van der Waals surface area contributed by atoms with Crippen LogP contribution in [0.5, 0.6) is 0 Å². The second kappa shape index (κ2) is 6.48. The fourth-order valence-electron chi connectivity index (χ4n) is 5.66. The highest BCUT2D eigenvalue weighted by atomic mass is 35.5. The molecule has 1 N–H and O–H groups in total. The Morgan fingerprint density at radius 1 is 1.28 bits per heavy atom. The van der Waals surface area contributed by atoms with Gasteiger partial charge < -0.3 is 10.1 Å². The molecular formula is C19H20ClF3N4O2. The van der Waals surface area contributed by atoms with Crippen molar-refractivity contribution in [2.75, 3.05) is 11.9 Å². The second-order valence-corrected chi connectivity index (χ2v) is 8.50. The van der Waals surface area contributed by atoms with Crippen LogP contribution in [-0.4, -0.2) is 33.2 Å². The molecule has 2 aromatic rings. The summed E-state index contributed by atoms with van der Waals surface area (Å²) < 4.78 is 46.0. The van der Waals surface area contributed by atoms with Crippen LogP contribution in [0, 0.1) is 29.6 Å². The van der Waals surface area contributed by atoms with Gasteiger partial charge in [-0.05, 0) is 73.6 Å². The Kier molecular flexibility index (Phi) is 4.24. The van der Waals surface area contributed by atoms with Crippen molar-refractivity contribution in [2.45, 2.75) is 38.4 Å². The van der Waals surface area contributed by atoms with E-state index in [1.807, 2.05) is 0 Å². The maximum Gasteiger partial charge on any atom is 0.433 e. The summed E-state index contributed by atoms with van der Waals surface area (Å²) in [6, 6.07) is 2.04. The van der Waals surface area contributed by atoms with Crippen LogP contribution in [0.15, 0.2) is 12.1 Å². The van der Waals surface area contributed by atoms with Crippen LogP contribution in [0.4, 0.5) is 19.0 Å². The molecular weight excluding hydrogens is 409 g/mol. The van der Waals surface area contributed by atoms with Gasteiger partial charge in [0.15, 0.2) is 5.82 Å². The van der Waals surface area contributed by atoms with Crippen molar-refractivity contribution < 1.29 is 22.7 Å². The molecule has 0 amide bonds. The normalized spacial score (nSPS) is 32.9. The molecule has 4 saturated carbocycles. The van der Waals surface area contributed by atoms with Gasteiger partial charge in [-0.15, -0.1) is 5.10 Å². The summed E-state index contributed by atoms with van der Waals surface area (Å²) in [7, 11) is 0.